The lowest BCUT2D eigenvalue weighted by atomic mass is 10.0. The molecule has 32 heavy (non-hydrogen) atoms. The van der Waals surface area contributed by atoms with Crippen LogP contribution >= 0.6 is 11.6 Å². The van der Waals surface area contributed by atoms with Crippen molar-refractivity contribution in [2.24, 2.45) is 5.16 Å². The molecule has 2 atom stereocenters. The molecule has 1 N–H and O–H groups in total. The highest BCUT2D eigenvalue weighted by molar-refractivity contribution is 6.31. The van der Waals surface area contributed by atoms with Crippen LogP contribution in [0.5, 0.6) is 11.5 Å². The molecule has 0 saturated heterocycles. The van der Waals surface area contributed by atoms with E-state index in [2.05, 4.69) is 16.6 Å². The first kappa shape index (κ1) is 22.6. The maximum Gasteiger partial charge on any atom is 0.231 e. The monoisotopic (exact) mass is 458 g/mol. The summed E-state index contributed by atoms with van der Waals surface area (Å²) >= 11 is 6.37. The fraction of sp³-hybridized carbons (Fsp3) is 0.375. The van der Waals surface area contributed by atoms with E-state index in [-0.39, 0.29) is 19.5 Å². The lowest BCUT2D eigenvalue weighted by Gasteiger charge is -2.27. The van der Waals surface area contributed by atoms with Crippen molar-refractivity contribution >= 4 is 17.3 Å². The van der Waals surface area contributed by atoms with Gasteiger partial charge in [-0.05, 0) is 29.8 Å². The number of oxime groups is 1. The smallest absolute Gasteiger partial charge is 0.231 e. The first-order valence-electron chi connectivity index (χ1n) is 10.6. The van der Waals surface area contributed by atoms with Crippen molar-refractivity contribution < 1.29 is 24.2 Å². The number of rotatable bonds is 11. The molecule has 0 radical (unpaired) electrons. The van der Waals surface area contributed by atoms with Crippen LogP contribution in [0.25, 0.3) is 0 Å². The van der Waals surface area contributed by atoms with Gasteiger partial charge in [0.1, 0.15) is 6.10 Å². The summed E-state index contributed by atoms with van der Waals surface area (Å²) in [6, 6.07) is 13.5. The lowest BCUT2D eigenvalue weighted by molar-refractivity contribution is 0.00337. The van der Waals surface area contributed by atoms with Gasteiger partial charge in [-0.15, -0.1) is 6.58 Å². The highest BCUT2D eigenvalue weighted by Crippen LogP contribution is 2.33. The summed E-state index contributed by atoms with van der Waals surface area (Å²) in [5, 5.41) is 15.5. The Bertz CT molecular complexity index is 967. The van der Waals surface area contributed by atoms with Crippen LogP contribution in [0.15, 0.2) is 60.3 Å². The molecule has 0 fully saturated rings. The molecule has 0 bridgehead atoms. The topological polar surface area (TPSA) is 72.8 Å². The molecular formula is C24H27ClN2O5. The minimum Gasteiger partial charge on any atom is -0.454 e. The van der Waals surface area contributed by atoms with Gasteiger partial charge in [-0.25, -0.2) is 0 Å². The third kappa shape index (κ3) is 5.81. The van der Waals surface area contributed by atoms with E-state index in [4.69, 9.17) is 30.6 Å². The SMILES string of the molecule is C=CCOC[C@@H](O)CN(Cc1ccccc1Cl)C[C@H]1CC(c2ccc3c(c2)OCO3)=NO1. The largest absolute Gasteiger partial charge is 0.454 e. The van der Waals surface area contributed by atoms with E-state index >= 15 is 0 Å². The van der Waals surface area contributed by atoms with Gasteiger partial charge in [0.2, 0.25) is 6.79 Å². The third-order valence-electron chi connectivity index (χ3n) is 5.27. The number of nitrogens with zero attached hydrogens (tertiary/aromatic N) is 2. The predicted octanol–water partition coefficient (Wildman–Crippen LogP) is 3.63. The number of hydrogen-bond acceptors (Lipinski definition) is 7. The number of hydrogen-bond donors (Lipinski definition) is 1. The average Bonchev–Trinajstić information content (AvgIpc) is 3.44. The third-order valence-corrected chi connectivity index (χ3v) is 5.64. The van der Waals surface area contributed by atoms with Crippen molar-refractivity contribution in [3.05, 3.63) is 71.3 Å². The van der Waals surface area contributed by atoms with Gasteiger partial charge in [-0.2, -0.15) is 0 Å². The van der Waals surface area contributed by atoms with Crippen LogP contribution in [0, 0.1) is 0 Å². The zero-order chi connectivity index (χ0) is 22.3. The van der Waals surface area contributed by atoms with Gasteiger partial charge < -0.3 is 24.2 Å². The summed E-state index contributed by atoms with van der Waals surface area (Å²) < 4.78 is 16.2. The first-order chi connectivity index (χ1) is 15.6. The summed E-state index contributed by atoms with van der Waals surface area (Å²) in [6.45, 7) is 6.08. The van der Waals surface area contributed by atoms with Gasteiger partial charge in [0, 0.05) is 36.6 Å². The number of aliphatic hydroxyl groups excluding tert-OH is 1. The van der Waals surface area contributed by atoms with Crippen LogP contribution in [-0.4, -0.2) is 61.0 Å². The Labute approximate surface area is 192 Å². The quantitative estimate of drug-likeness (QED) is 0.409. The normalized spacial score (nSPS) is 17.8. The fourth-order valence-corrected chi connectivity index (χ4v) is 3.97. The Hall–Kier alpha value is -2.58. The molecule has 0 amide bonds. The average molecular weight is 459 g/mol. The van der Waals surface area contributed by atoms with Crippen LogP contribution in [-0.2, 0) is 16.1 Å². The molecule has 0 aromatic heterocycles. The van der Waals surface area contributed by atoms with Crippen LogP contribution in [0.1, 0.15) is 17.5 Å². The van der Waals surface area contributed by atoms with E-state index in [9.17, 15) is 5.11 Å². The standard InChI is InChI=1S/C24H27ClN2O5/c1-2-9-29-15-19(28)13-27(12-18-5-3-4-6-21(18)25)14-20-11-22(26-32-20)17-7-8-23-24(10-17)31-16-30-23/h2-8,10,19-20,28H,1,9,11-16H2/t19-,20+/m0/s1. The Balaban J connectivity index is 1.39. The van der Waals surface area contributed by atoms with E-state index < -0.39 is 6.10 Å². The first-order valence-corrected chi connectivity index (χ1v) is 11.0. The molecule has 7 nitrogen and oxygen atoms in total. The molecule has 2 aromatic rings. The van der Waals surface area contributed by atoms with E-state index in [0.717, 1.165) is 28.3 Å². The molecule has 2 aromatic carbocycles. The second-order valence-electron chi connectivity index (χ2n) is 7.80. The second kappa shape index (κ2) is 10.8. The number of ether oxygens (including phenoxy) is 3. The molecule has 0 aliphatic carbocycles. The highest BCUT2D eigenvalue weighted by atomic mass is 35.5. The van der Waals surface area contributed by atoms with Gasteiger partial charge in [-0.3, -0.25) is 4.90 Å². The lowest BCUT2D eigenvalue weighted by Crippen LogP contribution is -2.39. The molecule has 2 aliphatic rings. The van der Waals surface area contributed by atoms with Crippen LogP contribution < -0.4 is 9.47 Å². The zero-order valence-corrected chi connectivity index (χ0v) is 18.5. The summed E-state index contributed by atoms with van der Waals surface area (Å²) in [5.74, 6) is 1.46. The maximum atomic E-state index is 10.5. The summed E-state index contributed by atoms with van der Waals surface area (Å²) in [7, 11) is 0. The Morgan fingerprint density at radius 2 is 2.09 bits per heavy atom. The maximum absolute atomic E-state index is 10.5. The van der Waals surface area contributed by atoms with Crippen molar-refractivity contribution in [2.75, 3.05) is 33.1 Å². The van der Waals surface area contributed by atoms with E-state index in [0.29, 0.717) is 37.7 Å². The van der Waals surface area contributed by atoms with Gasteiger partial charge in [0.05, 0.1) is 25.0 Å². The van der Waals surface area contributed by atoms with Crippen molar-refractivity contribution in [1.82, 2.24) is 4.90 Å². The Morgan fingerprint density at radius 3 is 2.94 bits per heavy atom. The van der Waals surface area contributed by atoms with E-state index in [1.807, 2.05) is 42.5 Å². The molecule has 0 spiro atoms. The number of benzene rings is 2. The molecule has 0 unspecified atom stereocenters. The zero-order valence-electron chi connectivity index (χ0n) is 17.8. The van der Waals surface area contributed by atoms with Gasteiger partial charge >= 0.3 is 0 Å². The highest BCUT2D eigenvalue weighted by Gasteiger charge is 2.27. The Kier molecular flexibility index (Phi) is 7.65. The van der Waals surface area contributed by atoms with Crippen molar-refractivity contribution in [3.8, 4) is 11.5 Å². The van der Waals surface area contributed by atoms with E-state index in [1.54, 1.807) is 6.08 Å². The fourth-order valence-electron chi connectivity index (χ4n) is 3.77. The van der Waals surface area contributed by atoms with Gasteiger partial charge in [-0.1, -0.05) is 41.0 Å². The van der Waals surface area contributed by atoms with Gasteiger partial charge in [0.25, 0.3) is 0 Å². The molecule has 2 heterocycles. The minimum absolute atomic E-state index is 0.140. The summed E-state index contributed by atoms with van der Waals surface area (Å²) in [5.41, 5.74) is 2.80. The van der Waals surface area contributed by atoms with Crippen molar-refractivity contribution in [1.29, 1.82) is 0 Å². The molecule has 8 heteroatoms. The Morgan fingerprint density at radius 1 is 1.25 bits per heavy atom. The van der Waals surface area contributed by atoms with Gasteiger partial charge in [0.15, 0.2) is 11.5 Å². The number of aliphatic hydroxyl groups is 1. The second-order valence-corrected chi connectivity index (χ2v) is 8.21. The van der Waals surface area contributed by atoms with Crippen LogP contribution in [0.2, 0.25) is 5.02 Å². The van der Waals surface area contributed by atoms with Crippen molar-refractivity contribution in [2.45, 2.75) is 25.2 Å². The molecule has 2 aliphatic heterocycles. The van der Waals surface area contributed by atoms with Crippen molar-refractivity contribution in [3.63, 3.8) is 0 Å². The molecular weight excluding hydrogens is 432 g/mol. The van der Waals surface area contributed by atoms with E-state index in [1.165, 1.54) is 0 Å². The number of fused-ring (bicyclic) bond motifs is 1. The molecule has 170 valence electrons. The minimum atomic E-state index is -0.645. The molecule has 4 rings (SSSR count). The number of halogens is 1. The summed E-state index contributed by atoms with van der Waals surface area (Å²) in [6.07, 6.45) is 1.53. The predicted molar refractivity (Wildman–Crippen MR) is 122 cm³/mol. The van der Waals surface area contributed by atoms with Crippen LogP contribution in [0.4, 0.5) is 0 Å². The molecule has 0 saturated carbocycles. The summed E-state index contributed by atoms with van der Waals surface area (Å²) in [4.78, 5) is 7.85. The van der Waals surface area contributed by atoms with Crippen LogP contribution in [0.3, 0.4) is 0 Å².